The molecule has 0 aliphatic heterocycles. The maximum atomic E-state index is 13.0. The first kappa shape index (κ1) is 9.20. The molecule has 0 aliphatic carbocycles. The zero-order valence-electron chi connectivity index (χ0n) is 7.26. The van der Waals surface area contributed by atoms with Crippen molar-refractivity contribution in [2.75, 3.05) is 6.54 Å². The van der Waals surface area contributed by atoms with E-state index in [1.54, 1.807) is 12.1 Å². The minimum absolute atomic E-state index is 0.0610. The molecule has 66 valence electrons. The van der Waals surface area contributed by atoms with E-state index >= 15 is 0 Å². The van der Waals surface area contributed by atoms with Crippen molar-refractivity contribution in [1.82, 2.24) is 0 Å². The molecule has 1 nitrogen and oxygen atoms in total. The van der Waals surface area contributed by atoms with Gasteiger partial charge in [0.1, 0.15) is 6.17 Å². The normalized spacial score (nSPS) is 12.9. The molecular weight excluding hydrogens is 153 g/mol. The number of nitrogens with two attached hydrogens (primary N) is 1. The van der Waals surface area contributed by atoms with Gasteiger partial charge in [-0.05, 0) is 17.5 Å². The third-order valence-electron chi connectivity index (χ3n) is 1.96. The van der Waals surface area contributed by atoms with Crippen LogP contribution in [0, 0.1) is 0 Å². The molecule has 0 amide bonds. The molecule has 1 aromatic rings. The summed E-state index contributed by atoms with van der Waals surface area (Å²) < 4.78 is 13.0. The van der Waals surface area contributed by atoms with Gasteiger partial charge in [0, 0.05) is 6.54 Å². The van der Waals surface area contributed by atoms with Crippen molar-refractivity contribution in [3.63, 3.8) is 0 Å². The van der Waals surface area contributed by atoms with Crippen molar-refractivity contribution in [1.29, 1.82) is 0 Å². The van der Waals surface area contributed by atoms with Gasteiger partial charge < -0.3 is 5.73 Å². The van der Waals surface area contributed by atoms with E-state index in [9.17, 15) is 4.39 Å². The van der Waals surface area contributed by atoms with E-state index < -0.39 is 6.17 Å². The lowest BCUT2D eigenvalue weighted by molar-refractivity contribution is 0.353. The minimum atomic E-state index is -1.02. The van der Waals surface area contributed by atoms with E-state index in [2.05, 4.69) is 6.92 Å². The molecule has 0 saturated carbocycles. The van der Waals surface area contributed by atoms with E-state index in [1.807, 2.05) is 12.1 Å². The fourth-order valence-electron chi connectivity index (χ4n) is 1.10. The predicted octanol–water partition coefficient (Wildman–Crippen LogP) is 2.22. The number of rotatable bonds is 3. The molecule has 0 aromatic heterocycles. The topological polar surface area (TPSA) is 26.0 Å². The van der Waals surface area contributed by atoms with Crippen molar-refractivity contribution < 1.29 is 4.39 Å². The second-order valence-corrected chi connectivity index (χ2v) is 2.80. The highest BCUT2D eigenvalue weighted by molar-refractivity contribution is 5.24. The Morgan fingerprint density at radius 3 is 2.33 bits per heavy atom. The summed E-state index contributed by atoms with van der Waals surface area (Å²) in [6, 6.07) is 7.49. The predicted molar refractivity (Wildman–Crippen MR) is 48.7 cm³/mol. The van der Waals surface area contributed by atoms with Crippen LogP contribution in [-0.4, -0.2) is 6.54 Å². The van der Waals surface area contributed by atoms with Gasteiger partial charge in [0.25, 0.3) is 0 Å². The summed E-state index contributed by atoms with van der Waals surface area (Å²) in [6.07, 6.45) is -0.0317. The standard InChI is InChI=1S/C10H14FN/c1-2-8-3-5-9(6-4-8)10(11)7-12/h3-6,10H,2,7,12H2,1H3. The van der Waals surface area contributed by atoms with E-state index in [-0.39, 0.29) is 6.54 Å². The molecule has 0 heterocycles. The van der Waals surface area contributed by atoms with Crippen LogP contribution in [-0.2, 0) is 6.42 Å². The van der Waals surface area contributed by atoms with Gasteiger partial charge in [-0.3, -0.25) is 0 Å². The fraction of sp³-hybridized carbons (Fsp3) is 0.400. The number of benzene rings is 1. The van der Waals surface area contributed by atoms with Crippen molar-refractivity contribution in [3.8, 4) is 0 Å². The third kappa shape index (κ3) is 2.05. The first-order valence-corrected chi connectivity index (χ1v) is 4.21. The summed E-state index contributed by atoms with van der Waals surface area (Å²) in [5, 5.41) is 0. The van der Waals surface area contributed by atoms with Crippen molar-refractivity contribution in [3.05, 3.63) is 35.4 Å². The van der Waals surface area contributed by atoms with Gasteiger partial charge in [0.15, 0.2) is 0 Å². The lowest BCUT2D eigenvalue weighted by Gasteiger charge is -2.05. The molecule has 12 heavy (non-hydrogen) atoms. The van der Waals surface area contributed by atoms with Gasteiger partial charge in [-0.25, -0.2) is 4.39 Å². The Hall–Kier alpha value is -0.890. The zero-order chi connectivity index (χ0) is 8.97. The van der Waals surface area contributed by atoms with Gasteiger partial charge in [-0.2, -0.15) is 0 Å². The van der Waals surface area contributed by atoms with Gasteiger partial charge in [-0.15, -0.1) is 0 Å². The quantitative estimate of drug-likeness (QED) is 0.734. The Balaban J connectivity index is 2.77. The van der Waals surface area contributed by atoms with E-state index in [1.165, 1.54) is 5.56 Å². The molecular formula is C10H14FN. The molecule has 0 spiro atoms. The summed E-state index contributed by atoms with van der Waals surface area (Å²) in [7, 11) is 0. The molecule has 0 radical (unpaired) electrons. The number of hydrogen-bond acceptors (Lipinski definition) is 1. The summed E-state index contributed by atoms with van der Waals surface area (Å²) >= 11 is 0. The summed E-state index contributed by atoms with van der Waals surface area (Å²) in [6.45, 7) is 2.14. The number of halogens is 1. The molecule has 1 aromatic carbocycles. The van der Waals surface area contributed by atoms with Crippen molar-refractivity contribution in [2.24, 2.45) is 5.73 Å². The molecule has 1 unspecified atom stereocenters. The van der Waals surface area contributed by atoms with Crippen LogP contribution >= 0.6 is 0 Å². The Kier molecular flexibility index (Phi) is 3.23. The zero-order valence-corrected chi connectivity index (χ0v) is 7.26. The molecule has 0 aliphatic rings. The van der Waals surface area contributed by atoms with Gasteiger partial charge in [0.05, 0.1) is 0 Å². The summed E-state index contributed by atoms with van der Waals surface area (Å²) in [4.78, 5) is 0. The molecule has 0 saturated heterocycles. The first-order chi connectivity index (χ1) is 5.77. The molecule has 0 fully saturated rings. The fourth-order valence-corrected chi connectivity index (χ4v) is 1.10. The summed E-state index contributed by atoms with van der Waals surface area (Å²) in [5.74, 6) is 0. The van der Waals surface area contributed by atoms with E-state index in [0.717, 1.165) is 6.42 Å². The van der Waals surface area contributed by atoms with Gasteiger partial charge in [0.2, 0.25) is 0 Å². The van der Waals surface area contributed by atoms with Crippen LogP contribution in [0.1, 0.15) is 24.2 Å². The molecule has 2 heteroatoms. The molecule has 2 N–H and O–H groups in total. The highest BCUT2D eigenvalue weighted by Gasteiger charge is 2.05. The van der Waals surface area contributed by atoms with Crippen molar-refractivity contribution in [2.45, 2.75) is 19.5 Å². The third-order valence-corrected chi connectivity index (χ3v) is 1.96. The average Bonchev–Trinajstić information content (AvgIpc) is 2.17. The second kappa shape index (κ2) is 4.21. The molecule has 0 bridgehead atoms. The SMILES string of the molecule is CCc1ccc(C(F)CN)cc1. The van der Waals surface area contributed by atoms with Crippen LogP contribution in [0.25, 0.3) is 0 Å². The minimum Gasteiger partial charge on any atom is -0.327 e. The number of aryl methyl sites for hydroxylation is 1. The van der Waals surface area contributed by atoms with Crippen molar-refractivity contribution >= 4 is 0 Å². The second-order valence-electron chi connectivity index (χ2n) is 2.80. The largest absolute Gasteiger partial charge is 0.327 e. The lowest BCUT2D eigenvalue weighted by atomic mass is 10.1. The monoisotopic (exact) mass is 167 g/mol. The number of alkyl halides is 1. The molecule has 1 rings (SSSR count). The maximum Gasteiger partial charge on any atom is 0.137 e. The highest BCUT2D eigenvalue weighted by Crippen LogP contribution is 2.16. The molecule has 1 atom stereocenters. The van der Waals surface area contributed by atoms with Gasteiger partial charge >= 0.3 is 0 Å². The van der Waals surface area contributed by atoms with E-state index in [0.29, 0.717) is 5.56 Å². The van der Waals surface area contributed by atoms with Crippen LogP contribution in [0.15, 0.2) is 24.3 Å². The smallest absolute Gasteiger partial charge is 0.137 e. The Bertz CT molecular complexity index is 230. The lowest BCUT2D eigenvalue weighted by Crippen LogP contribution is -2.07. The van der Waals surface area contributed by atoms with Crippen LogP contribution in [0.5, 0.6) is 0 Å². The highest BCUT2D eigenvalue weighted by atomic mass is 19.1. The Morgan fingerprint density at radius 1 is 1.33 bits per heavy atom. The van der Waals surface area contributed by atoms with Gasteiger partial charge in [-0.1, -0.05) is 31.2 Å². The summed E-state index contributed by atoms with van der Waals surface area (Å²) in [5.41, 5.74) is 7.10. The van der Waals surface area contributed by atoms with Crippen LogP contribution in [0.4, 0.5) is 4.39 Å². The Labute approximate surface area is 72.4 Å². The Morgan fingerprint density at radius 2 is 1.92 bits per heavy atom. The average molecular weight is 167 g/mol. The maximum absolute atomic E-state index is 13.0. The first-order valence-electron chi connectivity index (χ1n) is 4.21. The number of hydrogen-bond donors (Lipinski definition) is 1. The van der Waals surface area contributed by atoms with Crippen LogP contribution in [0.2, 0.25) is 0 Å². The van der Waals surface area contributed by atoms with Crippen LogP contribution in [0.3, 0.4) is 0 Å². The van der Waals surface area contributed by atoms with Crippen LogP contribution < -0.4 is 5.73 Å². The van der Waals surface area contributed by atoms with E-state index in [4.69, 9.17) is 5.73 Å².